The third-order valence-electron chi connectivity index (χ3n) is 3.85. The highest BCUT2D eigenvalue weighted by Crippen LogP contribution is 2.22. The Morgan fingerprint density at radius 2 is 2.18 bits per heavy atom. The van der Waals surface area contributed by atoms with Crippen LogP contribution in [0.4, 0.5) is 0 Å². The molecule has 0 bridgehead atoms. The maximum atomic E-state index is 12.7. The summed E-state index contributed by atoms with van der Waals surface area (Å²) in [4.78, 5) is 29.5. The van der Waals surface area contributed by atoms with E-state index in [4.69, 9.17) is 0 Å². The van der Waals surface area contributed by atoms with Crippen LogP contribution in [0.25, 0.3) is 11.4 Å². The number of piperidine rings is 1. The Kier molecular flexibility index (Phi) is 3.86. The van der Waals surface area contributed by atoms with Gasteiger partial charge in [-0.15, -0.1) is 0 Å². The van der Waals surface area contributed by atoms with Gasteiger partial charge in [-0.05, 0) is 31.4 Å². The second-order valence-corrected chi connectivity index (χ2v) is 5.26. The minimum absolute atomic E-state index is 0.256. The average Bonchev–Trinajstić information content (AvgIpc) is 3.09. The molecule has 0 spiro atoms. The lowest BCUT2D eigenvalue weighted by Crippen LogP contribution is -2.47. The summed E-state index contributed by atoms with van der Waals surface area (Å²) < 4.78 is 0. The van der Waals surface area contributed by atoms with Crippen molar-refractivity contribution >= 4 is 11.9 Å². The molecule has 1 unspecified atom stereocenters. The minimum Gasteiger partial charge on any atom is -0.480 e. The Bertz CT molecular complexity index is 684. The number of carboxylic acids is 1. The van der Waals surface area contributed by atoms with Gasteiger partial charge in [0.2, 0.25) is 0 Å². The molecular formula is C15H16N4O3. The zero-order chi connectivity index (χ0) is 15.5. The van der Waals surface area contributed by atoms with Gasteiger partial charge >= 0.3 is 5.97 Å². The summed E-state index contributed by atoms with van der Waals surface area (Å²) in [5.74, 6) is -0.629. The number of carbonyl (C=O) groups is 2. The fourth-order valence-electron chi connectivity index (χ4n) is 2.74. The average molecular weight is 300 g/mol. The molecule has 2 N–H and O–H groups in total. The van der Waals surface area contributed by atoms with Crippen LogP contribution in [0, 0.1) is 0 Å². The molecule has 1 aromatic heterocycles. The molecule has 1 aliphatic heterocycles. The largest absolute Gasteiger partial charge is 0.480 e. The number of nitrogens with one attached hydrogen (secondary N) is 1. The summed E-state index contributed by atoms with van der Waals surface area (Å²) in [6, 6.07) is 6.23. The number of aliphatic carboxylic acids is 1. The van der Waals surface area contributed by atoms with Crippen LogP contribution in [-0.4, -0.2) is 49.7 Å². The zero-order valence-corrected chi connectivity index (χ0v) is 11.9. The molecule has 1 aromatic carbocycles. The molecular weight excluding hydrogens is 284 g/mol. The number of rotatable bonds is 3. The quantitative estimate of drug-likeness (QED) is 0.896. The molecule has 1 atom stereocenters. The van der Waals surface area contributed by atoms with Crippen molar-refractivity contribution in [2.75, 3.05) is 6.54 Å². The Labute approximate surface area is 127 Å². The van der Waals surface area contributed by atoms with E-state index in [1.165, 1.54) is 11.2 Å². The fourth-order valence-corrected chi connectivity index (χ4v) is 2.74. The van der Waals surface area contributed by atoms with Crippen molar-refractivity contribution < 1.29 is 14.7 Å². The van der Waals surface area contributed by atoms with E-state index in [0.29, 0.717) is 24.4 Å². The number of amides is 1. The minimum atomic E-state index is -0.945. The number of hydrogen-bond donors (Lipinski definition) is 2. The van der Waals surface area contributed by atoms with Crippen LogP contribution in [0.2, 0.25) is 0 Å². The van der Waals surface area contributed by atoms with Crippen LogP contribution < -0.4 is 0 Å². The Balaban J connectivity index is 1.88. The first-order chi connectivity index (χ1) is 10.7. The predicted octanol–water partition coefficient (Wildman–Crippen LogP) is 1.55. The number of H-pyrrole nitrogens is 1. The predicted molar refractivity (Wildman–Crippen MR) is 78.1 cm³/mol. The van der Waals surface area contributed by atoms with E-state index in [1.807, 2.05) is 6.07 Å². The van der Waals surface area contributed by atoms with Gasteiger partial charge in [-0.3, -0.25) is 9.89 Å². The van der Waals surface area contributed by atoms with E-state index in [-0.39, 0.29) is 5.91 Å². The van der Waals surface area contributed by atoms with Gasteiger partial charge in [0.05, 0.1) is 0 Å². The number of benzene rings is 1. The number of carbonyl (C=O) groups excluding carboxylic acids is 1. The van der Waals surface area contributed by atoms with Crippen molar-refractivity contribution in [3.63, 3.8) is 0 Å². The standard InChI is InChI=1S/C15H16N4O3/c20-14(19-7-2-1-6-12(19)15(21)22)11-5-3-4-10(8-11)13-16-9-17-18-13/h3-5,8-9,12H,1-2,6-7H2,(H,21,22)(H,16,17,18). The highest BCUT2D eigenvalue weighted by molar-refractivity contribution is 5.97. The topological polar surface area (TPSA) is 99.2 Å². The molecule has 1 saturated heterocycles. The summed E-state index contributed by atoms with van der Waals surface area (Å²) in [7, 11) is 0. The zero-order valence-electron chi connectivity index (χ0n) is 11.9. The number of hydrogen-bond acceptors (Lipinski definition) is 4. The molecule has 0 saturated carbocycles. The molecule has 0 aliphatic carbocycles. The summed E-state index contributed by atoms with van der Waals surface area (Å²) in [6.45, 7) is 0.475. The molecule has 2 heterocycles. The summed E-state index contributed by atoms with van der Waals surface area (Å²) in [5, 5.41) is 15.8. The van der Waals surface area contributed by atoms with E-state index >= 15 is 0 Å². The molecule has 2 aromatic rings. The Hall–Kier alpha value is -2.70. The molecule has 1 fully saturated rings. The lowest BCUT2D eigenvalue weighted by atomic mass is 10.0. The molecule has 7 heteroatoms. The number of likely N-dealkylation sites (tertiary alicyclic amines) is 1. The van der Waals surface area contributed by atoms with Gasteiger partial charge in [0, 0.05) is 17.7 Å². The number of carboxylic acid groups (broad SMARTS) is 1. The van der Waals surface area contributed by atoms with Crippen molar-refractivity contribution in [3.05, 3.63) is 36.2 Å². The Morgan fingerprint density at radius 3 is 2.91 bits per heavy atom. The smallest absolute Gasteiger partial charge is 0.326 e. The molecule has 3 rings (SSSR count). The van der Waals surface area contributed by atoms with Crippen molar-refractivity contribution in [2.45, 2.75) is 25.3 Å². The second kappa shape index (κ2) is 5.97. The van der Waals surface area contributed by atoms with E-state index in [0.717, 1.165) is 18.4 Å². The first-order valence-electron chi connectivity index (χ1n) is 7.16. The van der Waals surface area contributed by atoms with Crippen LogP contribution in [0.5, 0.6) is 0 Å². The lowest BCUT2D eigenvalue weighted by molar-refractivity contribution is -0.143. The van der Waals surface area contributed by atoms with Crippen LogP contribution in [0.3, 0.4) is 0 Å². The fraction of sp³-hybridized carbons (Fsp3) is 0.333. The van der Waals surface area contributed by atoms with Gasteiger partial charge in [0.1, 0.15) is 12.4 Å². The molecule has 22 heavy (non-hydrogen) atoms. The summed E-state index contributed by atoms with van der Waals surface area (Å²) in [5.41, 5.74) is 1.20. The van der Waals surface area contributed by atoms with Crippen LogP contribution in [0.15, 0.2) is 30.6 Å². The summed E-state index contributed by atoms with van der Waals surface area (Å²) in [6.07, 6.45) is 3.56. The molecule has 7 nitrogen and oxygen atoms in total. The SMILES string of the molecule is O=C(O)C1CCCCN1C(=O)c1cccc(-c2ncn[nH]2)c1. The lowest BCUT2D eigenvalue weighted by Gasteiger charge is -2.33. The van der Waals surface area contributed by atoms with Gasteiger partial charge in [-0.2, -0.15) is 5.10 Å². The van der Waals surface area contributed by atoms with Gasteiger partial charge in [0.25, 0.3) is 5.91 Å². The third kappa shape index (κ3) is 2.69. The molecule has 1 amide bonds. The Morgan fingerprint density at radius 1 is 1.32 bits per heavy atom. The van der Waals surface area contributed by atoms with Gasteiger partial charge in [-0.1, -0.05) is 12.1 Å². The van der Waals surface area contributed by atoms with Crippen LogP contribution in [0.1, 0.15) is 29.6 Å². The van der Waals surface area contributed by atoms with Crippen molar-refractivity contribution in [1.29, 1.82) is 0 Å². The number of aromatic nitrogens is 3. The maximum absolute atomic E-state index is 12.7. The third-order valence-corrected chi connectivity index (χ3v) is 3.85. The monoisotopic (exact) mass is 300 g/mol. The maximum Gasteiger partial charge on any atom is 0.326 e. The van der Waals surface area contributed by atoms with Crippen molar-refractivity contribution in [1.82, 2.24) is 20.1 Å². The number of aromatic amines is 1. The molecule has 0 radical (unpaired) electrons. The highest BCUT2D eigenvalue weighted by Gasteiger charge is 2.32. The molecule has 114 valence electrons. The van der Waals surface area contributed by atoms with E-state index in [1.54, 1.807) is 18.2 Å². The van der Waals surface area contributed by atoms with Crippen LogP contribution in [-0.2, 0) is 4.79 Å². The highest BCUT2D eigenvalue weighted by atomic mass is 16.4. The van der Waals surface area contributed by atoms with Crippen LogP contribution >= 0.6 is 0 Å². The van der Waals surface area contributed by atoms with E-state index in [9.17, 15) is 14.7 Å². The van der Waals surface area contributed by atoms with Gasteiger partial charge in [0.15, 0.2) is 5.82 Å². The van der Waals surface area contributed by atoms with Gasteiger partial charge in [-0.25, -0.2) is 9.78 Å². The van der Waals surface area contributed by atoms with E-state index < -0.39 is 12.0 Å². The number of nitrogens with zero attached hydrogens (tertiary/aromatic N) is 3. The van der Waals surface area contributed by atoms with Gasteiger partial charge < -0.3 is 10.0 Å². The van der Waals surface area contributed by atoms with Crippen molar-refractivity contribution in [3.8, 4) is 11.4 Å². The normalized spacial score (nSPS) is 18.2. The summed E-state index contributed by atoms with van der Waals surface area (Å²) >= 11 is 0. The van der Waals surface area contributed by atoms with E-state index in [2.05, 4.69) is 15.2 Å². The second-order valence-electron chi connectivity index (χ2n) is 5.26. The molecule has 1 aliphatic rings. The first kappa shape index (κ1) is 14.2. The first-order valence-corrected chi connectivity index (χ1v) is 7.16. The van der Waals surface area contributed by atoms with Crippen molar-refractivity contribution in [2.24, 2.45) is 0 Å².